The topological polar surface area (TPSA) is 0 Å². The first kappa shape index (κ1) is 31.0. The first-order chi connectivity index (χ1) is 14.9. The monoisotopic (exact) mass is 442 g/mol. The van der Waals surface area contributed by atoms with E-state index < -0.39 is 0 Å². The van der Waals surface area contributed by atoms with Gasteiger partial charge in [-0.05, 0) is 86.9 Å². The van der Waals surface area contributed by atoms with Crippen LogP contribution >= 0.6 is 0 Å². The summed E-state index contributed by atoms with van der Waals surface area (Å²) in [6.07, 6.45) is 17.9. The van der Waals surface area contributed by atoms with Gasteiger partial charge in [0.2, 0.25) is 0 Å². The van der Waals surface area contributed by atoms with Crippen LogP contribution in [0.3, 0.4) is 0 Å². The molecule has 0 aromatic carbocycles. The molecule has 0 heteroatoms. The Morgan fingerprint density at radius 2 is 1.34 bits per heavy atom. The Labute approximate surface area is 203 Å². The van der Waals surface area contributed by atoms with Gasteiger partial charge in [-0.3, -0.25) is 0 Å². The number of allylic oxidation sites excluding steroid dienone is 7. The van der Waals surface area contributed by atoms with Gasteiger partial charge in [0.1, 0.15) is 0 Å². The molecule has 0 aromatic rings. The molecule has 0 spiro atoms. The maximum absolute atomic E-state index is 4.19. The van der Waals surface area contributed by atoms with Crippen molar-refractivity contribution in [1.29, 1.82) is 0 Å². The SMILES string of the molecule is C=C(C)C(CC)C(C)CC(C)/C=C/C=C\CC(C)C(C)C(C)C(C)C/C(C)=C/C(C)CC. The number of hydrogen-bond donors (Lipinski definition) is 0. The molecular formula is C32H58. The highest BCUT2D eigenvalue weighted by atomic mass is 14.3. The van der Waals surface area contributed by atoms with Crippen molar-refractivity contribution >= 4 is 0 Å². The quantitative estimate of drug-likeness (QED) is 0.165. The van der Waals surface area contributed by atoms with Crippen molar-refractivity contribution in [3.63, 3.8) is 0 Å². The summed E-state index contributed by atoms with van der Waals surface area (Å²) < 4.78 is 0. The van der Waals surface area contributed by atoms with Crippen LogP contribution in [0.4, 0.5) is 0 Å². The Morgan fingerprint density at radius 3 is 1.88 bits per heavy atom. The number of rotatable bonds is 16. The van der Waals surface area contributed by atoms with Gasteiger partial charge in [-0.1, -0.05) is 117 Å². The molecule has 0 radical (unpaired) electrons. The molecule has 186 valence electrons. The lowest BCUT2D eigenvalue weighted by Gasteiger charge is -2.30. The summed E-state index contributed by atoms with van der Waals surface area (Å²) in [6.45, 7) is 30.1. The Kier molecular flexibility index (Phi) is 16.0. The molecule has 8 atom stereocenters. The summed E-state index contributed by atoms with van der Waals surface area (Å²) in [5.41, 5.74) is 2.91. The predicted octanol–water partition coefficient (Wildman–Crippen LogP) is 10.7. The lowest BCUT2D eigenvalue weighted by Crippen LogP contribution is -2.22. The first-order valence-electron chi connectivity index (χ1n) is 13.6. The van der Waals surface area contributed by atoms with Gasteiger partial charge in [-0.15, -0.1) is 0 Å². The summed E-state index contributed by atoms with van der Waals surface area (Å²) in [6, 6.07) is 0. The zero-order chi connectivity index (χ0) is 24.8. The van der Waals surface area contributed by atoms with E-state index >= 15 is 0 Å². The van der Waals surface area contributed by atoms with Gasteiger partial charge in [0.15, 0.2) is 0 Å². The summed E-state index contributed by atoms with van der Waals surface area (Å²) >= 11 is 0. The van der Waals surface area contributed by atoms with Crippen molar-refractivity contribution in [1.82, 2.24) is 0 Å². The van der Waals surface area contributed by atoms with E-state index in [1.165, 1.54) is 37.7 Å². The minimum absolute atomic E-state index is 0.618. The molecule has 0 aliphatic rings. The van der Waals surface area contributed by atoms with Crippen molar-refractivity contribution in [2.75, 3.05) is 0 Å². The Bertz CT molecular complexity index is 589. The smallest absolute Gasteiger partial charge is 0.0185 e. The second-order valence-corrected chi connectivity index (χ2v) is 11.4. The minimum atomic E-state index is 0.618. The van der Waals surface area contributed by atoms with Crippen LogP contribution in [0, 0.1) is 47.3 Å². The molecule has 0 nitrogen and oxygen atoms in total. The highest BCUT2D eigenvalue weighted by Gasteiger charge is 2.23. The van der Waals surface area contributed by atoms with Crippen molar-refractivity contribution in [2.45, 2.75) is 108 Å². The van der Waals surface area contributed by atoms with Crippen LogP contribution in [-0.2, 0) is 0 Å². The maximum Gasteiger partial charge on any atom is -0.0185 e. The molecule has 0 aromatic heterocycles. The number of hydrogen-bond acceptors (Lipinski definition) is 0. The highest BCUT2D eigenvalue weighted by Crippen LogP contribution is 2.32. The lowest BCUT2D eigenvalue weighted by atomic mass is 9.75. The molecule has 0 aliphatic carbocycles. The van der Waals surface area contributed by atoms with E-state index in [4.69, 9.17) is 0 Å². The van der Waals surface area contributed by atoms with Crippen molar-refractivity contribution in [3.8, 4) is 0 Å². The van der Waals surface area contributed by atoms with E-state index in [-0.39, 0.29) is 0 Å². The lowest BCUT2D eigenvalue weighted by molar-refractivity contribution is 0.212. The maximum atomic E-state index is 4.19. The Hall–Kier alpha value is -1.04. The van der Waals surface area contributed by atoms with E-state index in [1.807, 2.05) is 0 Å². The van der Waals surface area contributed by atoms with Crippen LogP contribution in [-0.4, -0.2) is 0 Å². The van der Waals surface area contributed by atoms with Gasteiger partial charge in [0.25, 0.3) is 0 Å². The van der Waals surface area contributed by atoms with Gasteiger partial charge < -0.3 is 0 Å². The zero-order valence-electron chi connectivity index (χ0n) is 23.7. The third-order valence-corrected chi connectivity index (χ3v) is 8.18. The zero-order valence-corrected chi connectivity index (χ0v) is 23.7. The third kappa shape index (κ3) is 12.3. The largest absolute Gasteiger partial charge is 0.0999 e. The van der Waals surface area contributed by atoms with Crippen LogP contribution in [0.5, 0.6) is 0 Å². The highest BCUT2D eigenvalue weighted by molar-refractivity contribution is 5.06. The van der Waals surface area contributed by atoms with Crippen LogP contribution in [0.15, 0.2) is 48.1 Å². The van der Waals surface area contributed by atoms with Crippen LogP contribution in [0.1, 0.15) is 108 Å². The molecule has 0 fully saturated rings. The standard InChI is InChI=1S/C32H58/c1-13-24(5)20-26(7)22-28(9)31(12)30(11)27(8)19-17-15-16-18-25(6)21-29(10)32(14-2)23(3)4/h15-18,20,24-25,27-32H,3,13-14,19,21-22H2,1-2,4-12H3/b17-15-,18-16+,26-20+. The van der Waals surface area contributed by atoms with Crippen molar-refractivity contribution < 1.29 is 0 Å². The molecule has 0 aliphatic heterocycles. The second-order valence-electron chi connectivity index (χ2n) is 11.4. The second kappa shape index (κ2) is 16.6. The van der Waals surface area contributed by atoms with Crippen LogP contribution < -0.4 is 0 Å². The van der Waals surface area contributed by atoms with Crippen LogP contribution in [0.2, 0.25) is 0 Å². The molecule has 0 bridgehead atoms. The molecule has 0 heterocycles. The molecular weight excluding hydrogens is 384 g/mol. The molecule has 0 N–H and O–H groups in total. The fourth-order valence-electron chi connectivity index (χ4n) is 5.31. The normalized spacial score (nSPS) is 20.7. The van der Waals surface area contributed by atoms with E-state index in [0.717, 1.165) is 17.8 Å². The fraction of sp³-hybridized carbons (Fsp3) is 0.750. The van der Waals surface area contributed by atoms with Gasteiger partial charge in [-0.2, -0.15) is 0 Å². The Balaban J connectivity index is 4.56. The average Bonchev–Trinajstić information content (AvgIpc) is 2.71. The molecule has 0 rings (SSSR count). The summed E-state index contributed by atoms with van der Waals surface area (Å²) in [5.74, 6) is 5.62. The summed E-state index contributed by atoms with van der Waals surface area (Å²) in [7, 11) is 0. The fourth-order valence-corrected chi connectivity index (χ4v) is 5.31. The van der Waals surface area contributed by atoms with Crippen LogP contribution in [0.25, 0.3) is 0 Å². The molecule has 0 amide bonds. The average molecular weight is 443 g/mol. The van der Waals surface area contributed by atoms with Crippen molar-refractivity contribution in [3.05, 3.63) is 48.1 Å². The summed E-state index contributed by atoms with van der Waals surface area (Å²) in [4.78, 5) is 0. The van der Waals surface area contributed by atoms with E-state index in [1.54, 1.807) is 5.57 Å². The minimum Gasteiger partial charge on any atom is -0.0999 e. The predicted molar refractivity (Wildman–Crippen MR) is 149 cm³/mol. The van der Waals surface area contributed by atoms with Gasteiger partial charge in [0.05, 0.1) is 0 Å². The molecule has 8 unspecified atom stereocenters. The van der Waals surface area contributed by atoms with E-state index in [2.05, 4.69) is 113 Å². The van der Waals surface area contributed by atoms with Crippen molar-refractivity contribution in [2.24, 2.45) is 47.3 Å². The van der Waals surface area contributed by atoms with E-state index in [0.29, 0.717) is 29.6 Å². The Morgan fingerprint density at radius 1 is 0.750 bits per heavy atom. The molecule has 0 saturated carbocycles. The molecule has 32 heavy (non-hydrogen) atoms. The van der Waals surface area contributed by atoms with Gasteiger partial charge >= 0.3 is 0 Å². The molecule has 0 saturated heterocycles. The van der Waals surface area contributed by atoms with E-state index in [9.17, 15) is 0 Å². The van der Waals surface area contributed by atoms with Gasteiger partial charge in [-0.25, -0.2) is 0 Å². The third-order valence-electron chi connectivity index (χ3n) is 8.18. The van der Waals surface area contributed by atoms with Gasteiger partial charge in [0, 0.05) is 0 Å². The summed E-state index contributed by atoms with van der Waals surface area (Å²) in [5, 5.41) is 0. The first-order valence-corrected chi connectivity index (χ1v) is 13.6.